The third-order valence-electron chi connectivity index (χ3n) is 4.77. The first-order valence-electron chi connectivity index (χ1n) is 9.41. The Kier molecular flexibility index (Phi) is 5.92. The second-order valence-electron chi connectivity index (χ2n) is 7.00. The molecule has 0 saturated carbocycles. The number of pyridine rings is 1. The lowest BCUT2D eigenvalue weighted by molar-refractivity contribution is -0.154. The topological polar surface area (TPSA) is 80.0 Å². The molecule has 0 N–H and O–H groups in total. The van der Waals surface area contributed by atoms with Crippen LogP contribution in [-0.2, 0) is 6.54 Å². The van der Waals surface area contributed by atoms with E-state index in [1.54, 1.807) is 11.1 Å². The number of halogens is 3. The quantitative estimate of drug-likeness (QED) is 0.589. The first kappa shape index (κ1) is 21.2. The average molecular weight is 453 g/mol. The van der Waals surface area contributed by atoms with Gasteiger partial charge in [-0.05, 0) is 6.07 Å². The number of amides is 1. The molecular weight excluding hydrogens is 435 g/mol. The number of fused-ring (bicyclic) bond motifs is 1. The molecule has 0 atom stereocenters. The van der Waals surface area contributed by atoms with Crippen molar-refractivity contribution in [2.45, 2.75) is 12.7 Å². The van der Waals surface area contributed by atoms with Gasteiger partial charge in [-0.3, -0.25) is 18.9 Å². The molecule has 0 radical (unpaired) electrons. The molecule has 0 aromatic carbocycles. The minimum absolute atomic E-state index is 0.120. The maximum absolute atomic E-state index is 12.6. The first-order chi connectivity index (χ1) is 14.8. The van der Waals surface area contributed by atoms with Gasteiger partial charge in [0.2, 0.25) is 5.88 Å². The number of alkyl halides is 3. The summed E-state index contributed by atoms with van der Waals surface area (Å²) >= 11 is 1.39. The standard InChI is InChI=1S/C19H18F3N5O3S/c20-19(21,22)12-30-15-2-1-13(10-23-15)17(29)26-5-3-25(4-6-26)11-14-9-16(28)27-7-8-31-18(27)24-14/h1-2,7-10H,3-6,11-12H2. The van der Waals surface area contributed by atoms with Crippen LogP contribution in [-0.4, -0.2) is 69.0 Å². The van der Waals surface area contributed by atoms with Crippen LogP contribution in [0.1, 0.15) is 16.1 Å². The summed E-state index contributed by atoms with van der Waals surface area (Å²) in [5, 5.41) is 1.81. The van der Waals surface area contributed by atoms with E-state index in [2.05, 4.69) is 19.6 Å². The van der Waals surface area contributed by atoms with Crippen molar-refractivity contribution in [3.63, 3.8) is 0 Å². The first-order valence-corrected chi connectivity index (χ1v) is 10.3. The summed E-state index contributed by atoms with van der Waals surface area (Å²) in [5.74, 6) is -0.435. The number of piperazine rings is 1. The second kappa shape index (κ2) is 8.63. The number of carbonyl (C=O) groups is 1. The lowest BCUT2D eigenvalue weighted by Gasteiger charge is -2.34. The van der Waals surface area contributed by atoms with Gasteiger partial charge in [0.15, 0.2) is 11.6 Å². The van der Waals surface area contributed by atoms with Gasteiger partial charge in [0, 0.05) is 62.6 Å². The highest BCUT2D eigenvalue weighted by molar-refractivity contribution is 7.15. The van der Waals surface area contributed by atoms with Crippen LogP contribution in [0.2, 0.25) is 0 Å². The Balaban J connectivity index is 1.31. The number of aromatic nitrogens is 3. The SMILES string of the molecule is O=C(c1ccc(OCC(F)(F)F)nc1)N1CCN(Cc2cc(=O)n3ccsc3n2)CC1. The number of hydrogen-bond acceptors (Lipinski definition) is 7. The number of hydrogen-bond donors (Lipinski definition) is 0. The monoisotopic (exact) mass is 453 g/mol. The van der Waals surface area contributed by atoms with Crippen molar-refractivity contribution in [2.24, 2.45) is 0 Å². The van der Waals surface area contributed by atoms with Crippen LogP contribution in [0.3, 0.4) is 0 Å². The fourth-order valence-corrected chi connectivity index (χ4v) is 3.98. The third kappa shape index (κ3) is 5.20. The van der Waals surface area contributed by atoms with E-state index >= 15 is 0 Å². The molecule has 3 aromatic heterocycles. The van der Waals surface area contributed by atoms with Gasteiger partial charge in [-0.15, -0.1) is 11.3 Å². The van der Waals surface area contributed by atoms with Gasteiger partial charge in [0.25, 0.3) is 11.5 Å². The van der Waals surface area contributed by atoms with Crippen LogP contribution in [0.25, 0.3) is 4.96 Å². The van der Waals surface area contributed by atoms with Gasteiger partial charge in [0.1, 0.15) is 0 Å². The normalized spacial score (nSPS) is 15.4. The largest absolute Gasteiger partial charge is 0.468 e. The summed E-state index contributed by atoms with van der Waals surface area (Å²) < 4.78 is 42.6. The zero-order chi connectivity index (χ0) is 22.0. The highest BCUT2D eigenvalue weighted by Crippen LogP contribution is 2.18. The Labute approximate surface area is 178 Å². The molecule has 1 saturated heterocycles. The Morgan fingerprint density at radius 1 is 1.19 bits per heavy atom. The van der Waals surface area contributed by atoms with Crippen molar-refractivity contribution in [1.29, 1.82) is 0 Å². The molecule has 1 aliphatic heterocycles. The number of rotatable bonds is 5. The van der Waals surface area contributed by atoms with Crippen LogP contribution >= 0.6 is 11.3 Å². The van der Waals surface area contributed by atoms with Crippen molar-refractivity contribution in [2.75, 3.05) is 32.8 Å². The van der Waals surface area contributed by atoms with Gasteiger partial charge in [-0.1, -0.05) is 0 Å². The van der Waals surface area contributed by atoms with Crippen molar-refractivity contribution in [3.8, 4) is 5.88 Å². The zero-order valence-electron chi connectivity index (χ0n) is 16.2. The molecule has 0 bridgehead atoms. The fraction of sp³-hybridized carbons (Fsp3) is 0.368. The smallest absolute Gasteiger partial charge is 0.422 e. The lowest BCUT2D eigenvalue weighted by Crippen LogP contribution is -2.48. The van der Waals surface area contributed by atoms with Gasteiger partial charge in [-0.2, -0.15) is 13.2 Å². The van der Waals surface area contributed by atoms with Gasteiger partial charge < -0.3 is 9.64 Å². The number of ether oxygens (including phenoxy) is 1. The predicted molar refractivity (Wildman–Crippen MR) is 106 cm³/mol. The second-order valence-corrected chi connectivity index (χ2v) is 7.87. The van der Waals surface area contributed by atoms with Gasteiger partial charge in [-0.25, -0.2) is 9.97 Å². The Morgan fingerprint density at radius 3 is 2.65 bits per heavy atom. The van der Waals surface area contributed by atoms with E-state index in [-0.39, 0.29) is 22.9 Å². The van der Waals surface area contributed by atoms with Crippen LogP contribution in [0.15, 0.2) is 40.8 Å². The van der Waals surface area contributed by atoms with Crippen molar-refractivity contribution >= 4 is 22.2 Å². The molecule has 0 aliphatic carbocycles. The summed E-state index contributed by atoms with van der Waals surface area (Å²) in [6, 6.07) is 4.17. The van der Waals surface area contributed by atoms with Crippen LogP contribution < -0.4 is 10.3 Å². The van der Waals surface area contributed by atoms with E-state index < -0.39 is 12.8 Å². The Hall–Kier alpha value is -2.99. The minimum atomic E-state index is -4.45. The molecule has 0 unspecified atom stereocenters. The minimum Gasteiger partial charge on any atom is -0.468 e. The Morgan fingerprint density at radius 2 is 1.97 bits per heavy atom. The fourth-order valence-electron chi connectivity index (χ4n) is 3.24. The van der Waals surface area contributed by atoms with Crippen LogP contribution in [0, 0.1) is 0 Å². The molecule has 31 heavy (non-hydrogen) atoms. The molecule has 164 valence electrons. The van der Waals surface area contributed by atoms with Gasteiger partial charge >= 0.3 is 6.18 Å². The molecule has 4 rings (SSSR count). The van der Waals surface area contributed by atoms with Crippen molar-refractivity contribution in [3.05, 3.63) is 57.6 Å². The molecular formula is C19H18F3N5O3S. The maximum Gasteiger partial charge on any atom is 0.422 e. The molecule has 0 spiro atoms. The van der Waals surface area contributed by atoms with E-state index in [9.17, 15) is 22.8 Å². The molecule has 3 aromatic rings. The average Bonchev–Trinajstić information content (AvgIpc) is 3.21. The van der Waals surface area contributed by atoms with E-state index in [1.807, 2.05) is 5.38 Å². The summed E-state index contributed by atoms with van der Waals surface area (Å²) in [6.45, 7) is 1.25. The molecule has 4 heterocycles. The third-order valence-corrected chi connectivity index (χ3v) is 5.52. The molecule has 8 nitrogen and oxygen atoms in total. The predicted octanol–water partition coefficient (Wildman–Crippen LogP) is 2.05. The summed E-state index contributed by atoms with van der Waals surface area (Å²) in [5.41, 5.74) is 0.849. The van der Waals surface area contributed by atoms with E-state index in [0.29, 0.717) is 43.4 Å². The number of thiazole rings is 1. The molecule has 12 heteroatoms. The maximum atomic E-state index is 12.6. The van der Waals surface area contributed by atoms with E-state index in [0.717, 1.165) is 0 Å². The van der Waals surface area contributed by atoms with E-state index in [1.165, 1.54) is 40.1 Å². The highest BCUT2D eigenvalue weighted by Gasteiger charge is 2.29. The highest BCUT2D eigenvalue weighted by atomic mass is 32.1. The summed E-state index contributed by atoms with van der Waals surface area (Å²) in [6.07, 6.45) is -1.55. The Bertz CT molecular complexity index is 1120. The van der Waals surface area contributed by atoms with Crippen molar-refractivity contribution in [1.82, 2.24) is 24.2 Å². The summed E-state index contributed by atoms with van der Waals surface area (Å²) in [4.78, 5) is 37.4. The number of nitrogens with zero attached hydrogens (tertiary/aromatic N) is 5. The molecule has 1 aliphatic rings. The molecule has 1 fully saturated rings. The van der Waals surface area contributed by atoms with Crippen LogP contribution in [0.5, 0.6) is 5.88 Å². The number of carbonyl (C=O) groups excluding carboxylic acids is 1. The van der Waals surface area contributed by atoms with E-state index in [4.69, 9.17) is 0 Å². The van der Waals surface area contributed by atoms with Crippen LogP contribution in [0.4, 0.5) is 13.2 Å². The van der Waals surface area contributed by atoms with Crippen molar-refractivity contribution < 1.29 is 22.7 Å². The summed E-state index contributed by atoms with van der Waals surface area (Å²) in [7, 11) is 0. The molecule has 1 amide bonds. The van der Waals surface area contributed by atoms with Gasteiger partial charge in [0.05, 0.1) is 11.3 Å². The lowest BCUT2D eigenvalue weighted by atomic mass is 10.2. The zero-order valence-corrected chi connectivity index (χ0v) is 17.0.